The van der Waals surface area contributed by atoms with Crippen molar-refractivity contribution in [2.45, 2.75) is 37.9 Å². The van der Waals surface area contributed by atoms with Gasteiger partial charge in [0.25, 0.3) is 0 Å². The molecule has 11 heteroatoms. The summed E-state index contributed by atoms with van der Waals surface area (Å²) in [5.74, 6) is 0.0708. The van der Waals surface area contributed by atoms with Gasteiger partial charge in [-0.2, -0.15) is 18.4 Å². The zero-order chi connectivity index (χ0) is 24.0. The Morgan fingerprint density at radius 1 is 1.21 bits per heavy atom. The number of hydrogen-bond donors (Lipinski definition) is 2. The average molecular weight is 470 g/mol. The SMILES string of the molecule is COC(=O)C1C2CCC(CC2)C1Nc1ncc(C#N)c(-c2c[nH]c3ncc(C(F)(F)F)cc23)n1. The van der Waals surface area contributed by atoms with E-state index in [1.165, 1.54) is 19.5 Å². The minimum Gasteiger partial charge on any atom is -0.469 e. The highest BCUT2D eigenvalue weighted by molar-refractivity contribution is 5.94. The van der Waals surface area contributed by atoms with Crippen LogP contribution in [-0.4, -0.2) is 39.1 Å². The molecule has 3 aliphatic rings. The number of ether oxygens (including phenoxy) is 1. The molecule has 3 saturated carbocycles. The fourth-order valence-electron chi connectivity index (χ4n) is 5.37. The van der Waals surface area contributed by atoms with Crippen LogP contribution in [0.1, 0.15) is 36.8 Å². The maximum atomic E-state index is 13.3. The van der Waals surface area contributed by atoms with Crippen molar-refractivity contribution < 1.29 is 22.7 Å². The number of rotatable bonds is 4. The van der Waals surface area contributed by atoms with Crippen molar-refractivity contribution in [3.63, 3.8) is 0 Å². The summed E-state index contributed by atoms with van der Waals surface area (Å²) in [7, 11) is 1.37. The van der Waals surface area contributed by atoms with Gasteiger partial charge in [-0.15, -0.1) is 0 Å². The number of aromatic amines is 1. The molecule has 3 heterocycles. The predicted molar refractivity (Wildman–Crippen MR) is 115 cm³/mol. The lowest BCUT2D eigenvalue weighted by Gasteiger charge is -2.47. The van der Waals surface area contributed by atoms with Gasteiger partial charge in [-0.1, -0.05) is 0 Å². The standard InChI is InChI=1S/C23H21F3N6O2/c1-34-21(33)17-11-2-4-12(5-3-11)19(17)32-22-30-8-13(7-27)18(31-22)16-10-29-20-15(16)6-14(9-28-20)23(24,25)26/h6,8-12,17,19H,2-5H2,1H3,(H,28,29)(H,30,31,32). The van der Waals surface area contributed by atoms with E-state index in [1.54, 1.807) is 0 Å². The second kappa shape index (κ2) is 8.27. The number of nitrogens with one attached hydrogen (secondary N) is 2. The lowest BCUT2D eigenvalue weighted by Crippen LogP contribution is -2.52. The third-order valence-corrected chi connectivity index (χ3v) is 7.01. The number of halogens is 3. The maximum Gasteiger partial charge on any atom is 0.417 e. The Bertz CT molecular complexity index is 1290. The molecule has 0 spiro atoms. The summed E-state index contributed by atoms with van der Waals surface area (Å²) in [6, 6.07) is 2.77. The molecule has 0 aliphatic heterocycles. The fraction of sp³-hybridized carbons (Fsp3) is 0.435. The Morgan fingerprint density at radius 2 is 1.94 bits per heavy atom. The van der Waals surface area contributed by atoms with Gasteiger partial charge >= 0.3 is 12.1 Å². The number of H-pyrrole nitrogens is 1. The topological polar surface area (TPSA) is 117 Å². The summed E-state index contributed by atoms with van der Waals surface area (Å²) in [4.78, 5) is 28.0. The van der Waals surface area contributed by atoms with Crippen LogP contribution in [0, 0.1) is 29.1 Å². The zero-order valence-electron chi connectivity index (χ0n) is 18.2. The number of anilines is 1. The number of nitrogens with zero attached hydrogens (tertiary/aromatic N) is 4. The molecule has 3 aromatic heterocycles. The van der Waals surface area contributed by atoms with Crippen LogP contribution in [0.3, 0.4) is 0 Å². The minimum atomic E-state index is -4.56. The van der Waals surface area contributed by atoms with Crippen molar-refractivity contribution in [3.8, 4) is 17.3 Å². The number of hydrogen-bond acceptors (Lipinski definition) is 7. The Hall–Kier alpha value is -3.68. The Kier molecular flexibility index (Phi) is 5.38. The van der Waals surface area contributed by atoms with Crippen LogP contribution in [0.2, 0.25) is 0 Å². The van der Waals surface area contributed by atoms with Gasteiger partial charge in [0.2, 0.25) is 5.95 Å². The van der Waals surface area contributed by atoms with Crippen molar-refractivity contribution in [1.29, 1.82) is 5.26 Å². The lowest BCUT2D eigenvalue weighted by molar-refractivity contribution is -0.152. The number of carbonyl (C=O) groups is 1. The molecular weight excluding hydrogens is 449 g/mol. The quantitative estimate of drug-likeness (QED) is 0.546. The van der Waals surface area contributed by atoms with Crippen LogP contribution < -0.4 is 5.32 Å². The number of nitriles is 1. The Morgan fingerprint density at radius 3 is 2.62 bits per heavy atom. The molecule has 2 unspecified atom stereocenters. The highest BCUT2D eigenvalue weighted by Gasteiger charge is 2.48. The van der Waals surface area contributed by atoms with Gasteiger partial charge in [-0.05, 0) is 43.6 Å². The number of alkyl halides is 3. The van der Waals surface area contributed by atoms with E-state index in [9.17, 15) is 23.2 Å². The molecule has 2 N–H and O–H groups in total. The van der Waals surface area contributed by atoms with Crippen LogP contribution in [0.5, 0.6) is 0 Å². The minimum absolute atomic E-state index is 0.110. The summed E-state index contributed by atoms with van der Waals surface area (Å²) in [5.41, 5.74) is -0.0481. The Labute approximate surface area is 192 Å². The third-order valence-electron chi connectivity index (χ3n) is 7.01. The monoisotopic (exact) mass is 470 g/mol. The molecule has 0 amide bonds. The lowest BCUT2D eigenvalue weighted by atomic mass is 9.61. The number of carbonyl (C=O) groups excluding carboxylic acids is 1. The molecule has 0 radical (unpaired) electrons. The smallest absolute Gasteiger partial charge is 0.417 e. The van der Waals surface area contributed by atoms with E-state index in [4.69, 9.17) is 4.74 Å². The molecule has 176 valence electrons. The summed E-state index contributed by atoms with van der Waals surface area (Å²) in [6.07, 6.45) is 2.89. The molecule has 0 saturated heterocycles. The number of pyridine rings is 1. The van der Waals surface area contributed by atoms with E-state index < -0.39 is 11.7 Å². The van der Waals surface area contributed by atoms with Gasteiger partial charge in [-0.25, -0.2) is 15.0 Å². The first-order chi connectivity index (χ1) is 16.3. The van der Waals surface area contributed by atoms with Crippen molar-refractivity contribution in [1.82, 2.24) is 19.9 Å². The first-order valence-electron chi connectivity index (χ1n) is 11.0. The summed E-state index contributed by atoms with van der Waals surface area (Å²) in [5, 5.41) is 13.1. The summed E-state index contributed by atoms with van der Waals surface area (Å²) >= 11 is 0. The second-order valence-electron chi connectivity index (χ2n) is 8.78. The van der Waals surface area contributed by atoms with Crippen LogP contribution in [0.15, 0.2) is 24.7 Å². The van der Waals surface area contributed by atoms with E-state index in [-0.39, 0.29) is 58.0 Å². The number of fused-ring (bicyclic) bond motifs is 4. The van der Waals surface area contributed by atoms with Crippen molar-refractivity contribution in [2.24, 2.45) is 17.8 Å². The largest absolute Gasteiger partial charge is 0.469 e. The second-order valence-corrected chi connectivity index (χ2v) is 8.78. The first-order valence-corrected chi connectivity index (χ1v) is 11.0. The number of methoxy groups -OCH3 is 1. The number of esters is 1. The molecule has 6 rings (SSSR count). The molecule has 2 bridgehead atoms. The molecule has 0 aromatic carbocycles. The average Bonchev–Trinajstić information content (AvgIpc) is 3.27. The van der Waals surface area contributed by atoms with Gasteiger partial charge in [-0.3, -0.25) is 4.79 Å². The zero-order valence-corrected chi connectivity index (χ0v) is 18.2. The van der Waals surface area contributed by atoms with Gasteiger partial charge in [0.05, 0.1) is 36.0 Å². The highest BCUT2D eigenvalue weighted by atomic mass is 19.4. The van der Waals surface area contributed by atoms with Gasteiger partial charge in [0.1, 0.15) is 11.7 Å². The molecular formula is C23H21F3N6O2. The molecule has 3 aromatic rings. The van der Waals surface area contributed by atoms with E-state index in [1.807, 2.05) is 6.07 Å². The molecule has 34 heavy (non-hydrogen) atoms. The molecule has 2 atom stereocenters. The molecule has 3 fully saturated rings. The van der Waals surface area contributed by atoms with Gasteiger partial charge < -0.3 is 15.0 Å². The summed E-state index contributed by atoms with van der Waals surface area (Å²) < 4.78 is 44.8. The fourth-order valence-corrected chi connectivity index (χ4v) is 5.37. The van der Waals surface area contributed by atoms with E-state index >= 15 is 0 Å². The van der Waals surface area contributed by atoms with E-state index in [0.717, 1.165) is 37.9 Å². The van der Waals surface area contributed by atoms with Crippen molar-refractivity contribution in [2.75, 3.05) is 12.4 Å². The predicted octanol–water partition coefficient (Wildman–Crippen LogP) is 4.30. The first kappa shape index (κ1) is 22.1. The van der Waals surface area contributed by atoms with Crippen LogP contribution in [0.4, 0.5) is 19.1 Å². The molecule has 8 nitrogen and oxygen atoms in total. The van der Waals surface area contributed by atoms with Gasteiger partial charge in [0, 0.05) is 29.4 Å². The third kappa shape index (κ3) is 3.73. The van der Waals surface area contributed by atoms with Gasteiger partial charge in [0.15, 0.2) is 0 Å². The van der Waals surface area contributed by atoms with Crippen LogP contribution >= 0.6 is 0 Å². The number of aromatic nitrogens is 4. The highest BCUT2D eigenvalue weighted by Crippen LogP contribution is 2.46. The normalized spacial score (nSPS) is 24.1. The van der Waals surface area contributed by atoms with E-state index in [2.05, 4.69) is 25.3 Å². The maximum absolute atomic E-state index is 13.3. The van der Waals surface area contributed by atoms with E-state index in [0.29, 0.717) is 5.56 Å². The summed E-state index contributed by atoms with van der Waals surface area (Å²) in [6.45, 7) is 0. The Balaban J connectivity index is 1.54. The van der Waals surface area contributed by atoms with Crippen molar-refractivity contribution >= 4 is 23.0 Å². The van der Waals surface area contributed by atoms with Crippen LogP contribution in [-0.2, 0) is 15.7 Å². The van der Waals surface area contributed by atoms with Crippen molar-refractivity contribution in [3.05, 3.63) is 35.8 Å². The van der Waals surface area contributed by atoms with Crippen LogP contribution in [0.25, 0.3) is 22.3 Å². The molecule has 3 aliphatic carbocycles.